The van der Waals surface area contributed by atoms with Gasteiger partial charge >= 0.3 is 5.97 Å². The molecule has 0 saturated heterocycles. The van der Waals surface area contributed by atoms with Crippen LogP contribution < -0.4 is 5.32 Å². The zero-order chi connectivity index (χ0) is 14.9. The van der Waals surface area contributed by atoms with Crippen LogP contribution in [0.3, 0.4) is 0 Å². The summed E-state index contributed by atoms with van der Waals surface area (Å²) in [4.78, 5) is 22.8. The van der Waals surface area contributed by atoms with Gasteiger partial charge < -0.3 is 14.8 Å². The number of hydrogen-bond donors (Lipinski definition) is 2. The van der Waals surface area contributed by atoms with Crippen molar-refractivity contribution in [3.8, 4) is 0 Å². The number of carboxylic acids is 1. The number of carbonyl (C=O) groups is 2. The predicted molar refractivity (Wildman–Crippen MR) is 74.3 cm³/mol. The number of carbonyl (C=O) groups excluding carboxylic acids is 1. The van der Waals surface area contributed by atoms with Crippen molar-refractivity contribution in [3.63, 3.8) is 0 Å². The summed E-state index contributed by atoms with van der Waals surface area (Å²) in [5, 5.41) is 11.5. The average Bonchev–Trinajstić information content (AvgIpc) is 2.83. The Morgan fingerprint density at radius 1 is 1.05 bits per heavy atom. The van der Waals surface area contributed by atoms with Crippen molar-refractivity contribution < 1.29 is 19.1 Å². The molecule has 0 atom stereocenters. The summed E-state index contributed by atoms with van der Waals surface area (Å²) in [6.07, 6.45) is 0. The molecule has 2 rings (SSSR count). The predicted octanol–water partition coefficient (Wildman–Crippen LogP) is 3.16. The highest BCUT2D eigenvalue weighted by Gasteiger charge is 2.16. The molecule has 0 radical (unpaired) electrons. The molecule has 0 aliphatic heterocycles. The first-order valence-corrected chi connectivity index (χ1v) is 6.11. The van der Waals surface area contributed by atoms with Crippen molar-refractivity contribution in [1.82, 2.24) is 0 Å². The second kappa shape index (κ2) is 5.21. The van der Waals surface area contributed by atoms with Gasteiger partial charge in [-0.3, -0.25) is 4.79 Å². The summed E-state index contributed by atoms with van der Waals surface area (Å²) in [5.41, 5.74) is 3.72. The van der Waals surface area contributed by atoms with E-state index in [0.717, 1.165) is 16.7 Å². The van der Waals surface area contributed by atoms with Crippen LogP contribution >= 0.6 is 0 Å². The smallest absolute Gasteiger partial charge is 0.371 e. The van der Waals surface area contributed by atoms with Crippen LogP contribution in [0.15, 0.2) is 28.7 Å². The first-order valence-electron chi connectivity index (χ1n) is 6.11. The van der Waals surface area contributed by atoms with E-state index < -0.39 is 11.9 Å². The Balaban J connectivity index is 2.25. The van der Waals surface area contributed by atoms with E-state index >= 15 is 0 Å². The maximum absolute atomic E-state index is 12.0. The topological polar surface area (TPSA) is 79.5 Å². The first-order chi connectivity index (χ1) is 9.38. The van der Waals surface area contributed by atoms with Crippen molar-refractivity contribution in [2.75, 3.05) is 5.32 Å². The number of aryl methyl sites for hydroxylation is 3. The summed E-state index contributed by atoms with van der Waals surface area (Å²) in [6, 6.07) is 6.53. The van der Waals surface area contributed by atoms with Gasteiger partial charge in [-0.15, -0.1) is 0 Å². The van der Waals surface area contributed by atoms with Gasteiger partial charge in [-0.25, -0.2) is 4.79 Å². The molecule has 0 fully saturated rings. The standard InChI is InChI=1S/C15H15NO4/c1-8-6-9(2)13(10(3)7-8)16-14(17)11-4-5-12(20-11)15(18)19/h4-7H,1-3H3,(H,16,17)(H,18,19). The molecule has 1 aromatic heterocycles. The normalized spacial score (nSPS) is 10.3. The molecule has 1 amide bonds. The molecule has 0 aliphatic rings. The molecule has 0 spiro atoms. The van der Waals surface area contributed by atoms with Gasteiger partial charge in [0.2, 0.25) is 5.76 Å². The Morgan fingerprint density at radius 3 is 2.10 bits per heavy atom. The molecule has 5 nitrogen and oxygen atoms in total. The lowest BCUT2D eigenvalue weighted by atomic mass is 10.1. The van der Waals surface area contributed by atoms with Gasteiger partial charge in [0, 0.05) is 5.69 Å². The highest BCUT2D eigenvalue weighted by Crippen LogP contribution is 2.23. The minimum absolute atomic E-state index is 0.0261. The number of anilines is 1. The van der Waals surface area contributed by atoms with Gasteiger partial charge in [0.1, 0.15) is 0 Å². The van der Waals surface area contributed by atoms with Crippen molar-refractivity contribution in [2.24, 2.45) is 0 Å². The number of nitrogens with one attached hydrogen (secondary N) is 1. The minimum atomic E-state index is -1.20. The Kier molecular flexibility index (Phi) is 3.61. The molecule has 2 aromatic rings. The fourth-order valence-electron chi connectivity index (χ4n) is 2.13. The molecule has 1 aromatic carbocycles. The average molecular weight is 273 g/mol. The van der Waals surface area contributed by atoms with E-state index in [2.05, 4.69) is 5.32 Å². The molecule has 5 heteroatoms. The molecule has 0 unspecified atom stereocenters. The molecule has 0 bridgehead atoms. The third kappa shape index (κ3) is 2.71. The number of furan rings is 1. The summed E-state index contributed by atoms with van der Waals surface area (Å²) in [6.45, 7) is 5.79. The third-order valence-corrected chi connectivity index (χ3v) is 2.96. The Labute approximate surface area is 116 Å². The molecule has 2 N–H and O–H groups in total. The van der Waals surface area contributed by atoms with E-state index in [9.17, 15) is 9.59 Å². The third-order valence-electron chi connectivity index (χ3n) is 2.96. The number of hydrogen-bond acceptors (Lipinski definition) is 3. The van der Waals surface area contributed by atoms with Crippen LogP contribution in [-0.4, -0.2) is 17.0 Å². The van der Waals surface area contributed by atoms with Crippen molar-refractivity contribution >= 4 is 17.6 Å². The van der Waals surface area contributed by atoms with E-state index in [4.69, 9.17) is 9.52 Å². The number of aromatic carboxylic acids is 1. The first kappa shape index (κ1) is 13.9. The van der Waals surface area contributed by atoms with E-state index in [1.807, 2.05) is 32.9 Å². The van der Waals surface area contributed by atoms with E-state index in [0.29, 0.717) is 5.69 Å². The van der Waals surface area contributed by atoms with Crippen LogP contribution in [0.25, 0.3) is 0 Å². The summed E-state index contributed by atoms with van der Waals surface area (Å²) in [5.74, 6) is -1.95. The van der Waals surface area contributed by atoms with Gasteiger partial charge in [0.15, 0.2) is 5.76 Å². The van der Waals surface area contributed by atoms with Gasteiger partial charge in [0.05, 0.1) is 0 Å². The molecule has 20 heavy (non-hydrogen) atoms. The highest BCUT2D eigenvalue weighted by molar-refractivity contribution is 6.03. The highest BCUT2D eigenvalue weighted by atomic mass is 16.4. The van der Waals surface area contributed by atoms with Crippen LogP contribution in [0.4, 0.5) is 5.69 Å². The largest absolute Gasteiger partial charge is 0.475 e. The second-order valence-electron chi connectivity index (χ2n) is 4.70. The lowest BCUT2D eigenvalue weighted by Crippen LogP contribution is -2.13. The van der Waals surface area contributed by atoms with Crippen LogP contribution in [0.2, 0.25) is 0 Å². The summed E-state index contributed by atoms with van der Waals surface area (Å²) < 4.78 is 4.97. The van der Waals surface area contributed by atoms with E-state index in [1.165, 1.54) is 12.1 Å². The molecular weight excluding hydrogens is 258 g/mol. The Hall–Kier alpha value is -2.56. The Morgan fingerprint density at radius 2 is 1.60 bits per heavy atom. The van der Waals surface area contributed by atoms with Crippen LogP contribution in [0.5, 0.6) is 0 Å². The van der Waals surface area contributed by atoms with Crippen LogP contribution in [-0.2, 0) is 0 Å². The minimum Gasteiger partial charge on any atom is -0.475 e. The molecule has 1 heterocycles. The van der Waals surface area contributed by atoms with Gasteiger partial charge in [-0.1, -0.05) is 17.7 Å². The molecular formula is C15H15NO4. The van der Waals surface area contributed by atoms with Gasteiger partial charge in [0.25, 0.3) is 5.91 Å². The van der Waals surface area contributed by atoms with Gasteiger partial charge in [-0.05, 0) is 44.0 Å². The fourth-order valence-corrected chi connectivity index (χ4v) is 2.13. The SMILES string of the molecule is Cc1cc(C)c(NC(=O)c2ccc(C(=O)O)o2)c(C)c1. The van der Waals surface area contributed by atoms with Crippen molar-refractivity contribution in [3.05, 3.63) is 52.5 Å². The Bertz CT molecular complexity index is 662. The number of carboxylic acid groups (broad SMARTS) is 1. The van der Waals surface area contributed by atoms with Crippen molar-refractivity contribution in [1.29, 1.82) is 0 Å². The number of benzene rings is 1. The second-order valence-corrected chi connectivity index (χ2v) is 4.70. The zero-order valence-corrected chi connectivity index (χ0v) is 11.5. The molecule has 0 saturated carbocycles. The number of rotatable bonds is 3. The summed E-state index contributed by atoms with van der Waals surface area (Å²) in [7, 11) is 0. The van der Waals surface area contributed by atoms with Crippen LogP contribution in [0.1, 0.15) is 37.8 Å². The fraction of sp³-hybridized carbons (Fsp3) is 0.200. The van der Waals surface area contributed by atoms with E-state index in [-0.39, 0.29) is 11.5 Å². The van der Waals surface area contributed by atoms with Gasteiger partial charge in [-0.2, -0.15) is 0 Å². The molecule has 104 valence electrons. The quantitative estimate of drug-likeness (QED) is 0.900. The summed E-state index contributed by atoms with van der Waals surface area (Å²) >= 11 is 0. The maximum atomic E-state index is 12.0. The monoisotopic (exact) mass is 273 g/mol. The molecule has 0 aliphatic carbocycles. The lowest BCUT2D eigenvalue weighted by molar-refractivity contribution is 0.0660. The maximum Gasteiger partial charge on any atom is 0.371 e. The van der Waals surface area contributed by atoms with Crippen LogP contribution in [0, 0.1) is 20.8 Å². The lowest BCUT2D eigenvalue weighted by Gasteiger charge is -2.11. The van der Waals surface area contributed by atoms with Crippen molar-refractivity contribution in [2.45, 2.75) is 20.8 Å². The van der Waals surface area contributed by atoms with E-state index in [1.54, 1.807) is 0 Å². The number of amides is 1. The zero-order valence-electron chi connectivity index (χ0n) is 11.5.